The van der Waals surface area contributed by atoms with Crippen molar-refractivity contribution in [2.24, 2.45) is 7.05 Å². The summed E-state index contributed by atoms with van der Waals surface area (Å²) in [5, 5.41) is -0.384. The quantitative estimate of drug-likeness (QED) is 0.195. The molecule has 2 aromatic carbocycles. The lowest BCUT2D eigenvalue weighted by Gasteiger charge is -2.18. The Morgan fingerprint density at radius 2 is 1.84 bits per heavy atom. The lowest BCUT2D eigenvalue weighted by Crippen LogP contribution is -2.23. The summed E-state index contributed by atoms with van der Waals surface area (Å²) in [4.78, 5) is 25.3. The lowest BCUT2D eigenvalue weighted by molar-refractivity contribution is 0.0345. The van der Waals surface area contributed by atoms with Crippen LogP contribution in [0.3, 0.4) is 0 Å². The SMILES string of the molecule is Cc1cc(-c2cc(F)c(=O)n(Cc3ccc4c(c3)OCO4)c2)nc(S(=O)(=O)CCC(OCc2cncn2C)c2ccccc2)n1. The first-order valence-corrected chi connectivity index (χ1v) is 15.8. The fourth-order valence-electron chi connectivity index (χ4n) is 5.00. The minimum atomic E-state index is -3.99. The van der Waals surface area contributed by atoms with Crippen LogP contribution in [0.15, 0.2) is 89.3 Å². The summed E-state index contributed by atoms with van der Waals surface area (Å²) < 4.78 is 62.0. The van der Waals surface area contributed by atoms with Crippen LogP contribution in [0.25, 0.3) is 11.3 Å². The average molecular weight is 632 g/mol. The molecule has 4 heterocycles. The number of sulfone groups is 1. The molecule has 0 N–H and O–H groups in total. The number of rotatable bonds is 11. The summed E-state index contributed by atoms with van der Waals surface area (Å²) >= 11 is 0. The number of fused-ring (bicyclic) bond motifs is 1. The van der Waals surface area contributed by atoms with Gasteiger partial charge in [-0.2, -0.15) is 0 Å². The highest BCUT2D eigenvalue weighted by Gasteiger charge is 2.24. The summed E-state index contributed by atoms with van der Waals surface area (Å²) in [7, 11) is -2.13. The van der Waals surface area contributed by atoms with Gasteiger partial charge in [0, 0.05) is 24.5 Å². The predicted octanol–water partition coefficient (Wildman–Crippen LogP) is 4.39. The van der Waals surface area contributed by atoms with E-state index in [-0.39, 0.29) is 48.5 Å². The van der Waals surface area contributed by atoms with Crippen LogP contribution in [0.1, 0.15) is 35.0 Å². The van der Waals surface area contributed by atoms with Gasteiger partial charge in [-0.25, -0.2) is 27.8 Å². The Labute approximate surface area is 258 Å². The molecule has 0 aliphatic carbocycles. The Morgan fingerprint density at radius 3 is 2.62 bits per heavy atom. The molecule has 0 radical (unpaired) electrons. The first kappa shape index (κ1) is 30.2. The average Bonchev–Trinajstić information content (AvgIpc) is 3.67. The number of pyridine rings is 1. The molecule has 1 atom stereocenters. The van der Waals surface area contributed by atoms with Gasteiger partial charge >= 0.3 is 0 Å². The molecule has 0 amide bonds. The maximum absolute atomic E-state index is 14.9. The van der Waals surface area contributed by atoms with Crippen molar-refractivity contribution in [1.82, 2.24) is 24.1 Å². The third-order valence-electron chi connectivity index (χ3n) is 7.41. The summed E-state index contributed by atoms with van der Waals surface area (Å²) in [6.45, 7) is 2.03. The van der Waals surface area contributed by atoms with Crippen LogP contribution in [0.2, 0.25) is 0 Å². The highest BCUT2D eigenvalue weighted by Crippen LogP contribution is 2.33. The van der Waals surface area contributed by atoms with E-state index in [4.69, 9.17) is 14.2 Å². The summed E-state index contributed by atoms with van der Waals surface area (Å²) in [5.74, 6) is -0.162. The van der Waals surface area contributed by atoms with E-state index in [2.05, 4.69) is 15.0 Å². The van der Waals surface area contributed by atoms with E-state index < -0.39 is 27.3 Å². The minimum absolute atomic E-state index is 0.0507. The molecule has 0 saturated heterocycles. The highest BCUT2D eigenvalue weighted by atomic mass is 32.2. The number of aryl methyl sites for hydroxylation is 2. The Morgan fingerprint density at radius 1 is 1.04 bits per heavy atom. The second-order valence-electron chi connectivity index (χ2n) is 10.7. The summed E-state index contributed by atoms with van der Waals surface area (Å²) in [6.07, 6.45) is 4.44. The second kappa shape index (κ2) is 12.6. The zero-order valence-corrected chi connectivity index (χ0v) is 25.4. The van der Waals surface area contributed by atoms with Crippen LogP contribution in [0, 0.1) is 12.7 Å². The third kappa shape index (κ3) is 6.79. The zero-order chi connectivity index (χ0) is 31.6. The normalized spacial score (nSPS) is 13.2. The van der Waals surface area contributed by atoms with Crippen LogP contribution in [-0.2, 0) is 34.8 Å². The van der Waals surface area contributed by atoms with Crippen molar-refractivity contribution in [3.63, 3.8) is 0 Å². The smallest absolute Gasteiger partial charge is 0.286 e. The van der Waals surface area contributed by atoms with E-state index in [1.165, 1.54) is 10.8 Å². The standard InChI is InChI=1S/C32H30FN5O6S/c1-21-12-27(24-14-26(33)31(39)38(17-24)16-22-8-9-29-30(13-22)44-20-43-29)36-32(35-21)45(40,41)11-10-28(23-6-4-3-5-7-23)42-18-25-15-34-19-37(25)2/h3-9,12-15,17,19,28H,10-11,16,18,20H2,1-2H3. The summed E-state index contributed by atoms with van der Waals surface area (Å²) in [6, 6.07) is 17.2. The minimum Gasteiger partial charge on any atom is -0.454 e. The Balaban J connectivity index is 1.24. The largest absolute Gasteiger partial charge is 0.454 e. The molecule has 11 nitrogen and oxygen atoms in total. The van der Waals surface area contributed by atoms with Crippen molar-refractivity contribution in [3.8, 4) is 22.8 Å². The van der Waals surface area contributed by atoms with E-state index in [1.807, 2.05) is 41.9 Å². The van der Waals surface area contributed by atoms with Gasteiger partial charge < -0.3 is 23.3 Å². The molecule has 5 aromatic rings. The molecule has 1 unspecified atom stereocenters. The molecule has 0 fully saturated rings. The molecule has 0 bridgehead atoms. The Hall–Kier alpha value is -4.88. The van der Waals surface area contributed by atoms with Crippen molar-refractivity contribution in [3.05, 3.63) is 118 Å². The van der Waals surface area contributed by atoms with Crippen molar-refractivity contribution >= 4 is 9.84 Å². The Bertz CT molecular complexity index is 2010. The number of imidazole rings is 1. The van der Waals surface area contributed by atoms with Gasteiger partial charge in [-0.3, -0.25) is 4.79 Å². The monoisotopic (exact) mass is 631 g/mol. The molecule has 13 heteroatoms. The van der Waals surface area contributed by atoms with Gasteiger partial charge in [0.15, 0.2) is 17.3 Å². The number of nitrogens with zero attached hydrogens (tertiary/aromatic N) is 5. The molecule has 45 heavy (non-hydrogen) atoms. The predicted molar refractivity (Wildman–Crippen MR) is 162 cm³/mol. The van der Waals surface area contributed by atoms with Crippen LogP contribution in [-0.4, -0.2) is 45.0 Å². The van der Waals surface area contributed by atoms with Crippen molar-refractivity contribution in [2.45, 2.75) is 37.8 Å². The number of aromatic nitrogens is 5. The van der Waals surface area contributed by atoms with Gasteiger partial charge in [0.05, 0.1) is 48.9 Å². The molecule has 6 rings (SSSR count). The molecular weight excluding hydrogens is 601 g/mol. The first-order valence-electron chi connectivity index (χ1n) is 14.2. The fourth-order valence-corrected chi connectivity index (χ4v) is 6.23. The number of ether oxygens (including phenoxy) is 3. The maximum atomic E-state index is 14.9. The zero-order valence-electron chi connectivity index (χ0n) is 24.6. The van der Waals surface area contributed by atoms with Gasteiger partial charge in [-0.1, -0.05) is 36.4 Å². The second-order valence-corrected chi connectivity index (χ2v) is 12.7. The molecule has 1 aliphatic rings. The van der Waals surface area contributed by atoms with Crippen molar-refractivity contribution in [2.75, 3.05) is 12.5 Å². The number of benzene rings is 2. The van der Waals surface area contributed by atoms with Gasteiger partial charge in [-0.05, 0) is 48.7 Å². The van der Waals surface area contributed by atoms with E-state index in [0.29, 0.717) is 22.8 Å². The number of halogens is 1. The van der Waals surface area contributed by atoms with E-state index >= 15 is 0 Å². The van der Waals surface area contributed by atoms with E-state index in [9.17, 15) is 17.6 Å². The molecule has 0 saturated carbocycles. The van der Waals surface area contributed by atoms with E-state index in [0.717, 1.165) is 17.3 Å². The molecule has 232 valence electrons. The summed E-state index contributed by atoms with van der Waals surface area (Å²) in [5.41, 5.74) is 2.33. The van der Waals surface area contributed by atoms with Crippen LogP contribution in [0.4, 0.5) is 4.39 Å². The van der Waals surface area contributed by atoms with Crippen LogP contribution >= 0.6 is 0 Å². The highest BCUT2D eigenvalue weighted by molar-refractivity contribution is 7.91. The van der Waals surface area contributed by atoms with Crippen molar-refractivity contribution in [1.29, 1.82) is 0 Å². The van der Waals surface area contributed by atoms with Crippen molar-refractivity contribution < 1.29 is 27.0 Å². The van der Waals surface area contributed by atoms with Gasteiger partial charge in [0.1, 0.15) is 0 Å². The molecule has 1 aliphatic heterocycles. The lowest BCUT2D eigenvalue weighted by atomic mass is 10.1. The van der Waals surface area contributed by atoms with Crippen LogP contribution in [0.5, 0.6) is 11.5 Å². The van der Waals surface area contributed by atoms with E-state index in [1.54, 1.807) is 43.7 Å². The van der Waals surface area contributed by atoms with Gasteiger partial charge in [0.2, 0.25) is 21.8 Å². The first-order chi connectivity index (χ1) is 21.7. The molecular formula is C32H30FN5O6S. The number of hydrogen-bond acceptors (Lipinski definition) is 9. The third-order valence-corrected chi connectivity index (χ3v) is 8.92. The Kier molecular flexibility index (Phi) is 8.46. The topological polar surface area (TPSA) is 127 Å². The van der Waals surface area contributed by atoms with Gasteiger partial charge in [-0.15, -0.1) is 0 Å². The van der Waals surface area contributed by atoms with Gasteiger partial charge in [0.25, 0.3) is 5.56 Å². The molecule has 3 aromatic heterocycles. The molecule has 0 spiro atoms. The maximum Gasteiger partial charge on any atom is 0.286 e. The number of hydrogen-bond donors (Lipinski definition) is 0. The van der Waals surface area contributed by atoms with Crippen LogP contribution < -0.4 is 15.0 Å². The fraction of sp³-hybridized carbons (Fsp3) is 0.250.